The van der Waals surface area contributed by atoms with E-state index in [-0.39, 0.29) is 17.6 Å². The van der Waals surface area contributed by atoms with E-state index >= 15 is 0 Å². The van der Waals surface area contributed by atoms with E-state index in [0.717, 1.165) is 37.0 Å². The SMILES string of the molecule is Fc1c[c]c(N2CCC[C@H](CNc3nc(-c4c[nH]c5ncc(Cl)cc45)ncc3F)C2)cc1. The Kier molecular flexibility index (Phi) is 5.61. The molecule has 0 saturated carbocycles. The van der Waals surface area contributed by atoms with E-state index in [1.165, 1.54) is 18.3 Å². The minimum atomic E-state index is -0.510. The maximum atomic E-state index is 14.4. The number of fused-ring (bicyclic) bond motifs is 1. The zero-order valence-electron chi connectivity index (χ0n) is 17.1. The number of benzene rings is 1. The molecule has 0 spiro atoms. The molecule has 2 N–H and O–H groups in total. The Morgan fingerprint density at radius 2 is 2.16 bits per heavy atom. The molecule has 1 aromatic carbocycles. The smallest absolute Gasteiger partial charge is 0.183 e. The Labute approximate surface area is 188 Å². The molecule has 1 fully saturated rings. The Morgan fingerprint density at radius 1 is 1.25 bits per heavy atom. The molecule has 1 atom stereocenters. The first kappa shape index (κ1) is 20.6. The number of nitrogens with one attached hydrogen (secondary N) is 2. The van der Waals surface area contributed by atoms with Crippen LogP contribution in [0.4, 0.5) is 20.3 Å². The lowest BCUT2D eigenvalue weighted by molar-refractivity contribution is 0.431. The topological polar surface area (TPSA) is 69.7 Å². The molecule has 1 radical (unpaired) electrons. The van der Waals surface area contributed by atoms with Crippen molar-refractivity contribution in [3.05, 3.63) is 65.6 Å². The van der Waals surface area contributed by atoms with Crippen LogP contribution in [0.5, 0.6) is 0 Å². The van der Waals surface area contributed by atoms with Crippen molar-refractivity contribution < 1.29 is 8.78 Å². The van der Waals surface area contributed by atoms with E-state index in [2.05, 4.69) is 36.2 Å². The first-order chi connectivity index (χ1) is 15.6. The average molecular weight is 454 g/mol. The average Bonchev–Trinajstić information content (AvgIpc) is 3.22. The number of halogens is 3. The second-order valence-electron chi connectivity index (χ2n) is 7.87. The number of H-pyrrole nitrogens is 1. The van der Waals surface area contributed by atoms with Gasteiger partial charge in [-0.2, -0.15) is 0 Å². The van der Waals surface area contributed by atoms with Crippen LogP contribution in [0.25, 0.3) is 22.4 Å². The van der Waals surface area contributed by atoms with Gasteiger partial charge in [-0.05, 0) is 43.0 Å². The number of hydrogen-bond donors (Lipinski definition) is 2. The lowest BCUT2D eigenvalue weighted by Gasteiger charge is -2.34. The standard InChI is InChI=1S/C23H20ClF2N6/c24-15-8-18-19(11-29-21(18)28-10-15)22-30-12-20(26)23(31-22)27-9-14-2-1-7-32(13-14)17-5-3-16(25)4-6-17/h3-5,8,10-12,14H,1-2,7,9,13H2,(H,28,29)(H,27,30,31)/t14-/m1/s1. The van der Waals surface area contributed by atoms with Gasteiger partial charge in [0.2, 0.25) is 0 Å². The molecule has 1 aliphatic heterocycles. The van der Waals surface area contributed by atoms with E-state index in [0.29, 0.717) is 28.6 Å². The van der Waals surface area contributed by atoms with E-state index in [1.54, 1.807) is 24.5 Å². The van der Waals surface area contributed by atoms with Crippen molar-refractivity contribution in [3.63, 3.8) is 0 Å². The number of pyridine rings is 1. The van der Waals surface area contributed by atoms with Crippen molar-refractivity contribution in [1.82, 2.24) is 19.9 Å². The van der Waals surface area contributed by atoms with Crippen LogP contribution in [0.2, 0.25) is 5.02 Å². The van der Waals surface area contributed by atoms with Crippen molar-refractivity contribution in [2.75, 3.05) is 29.9 Å². The van der Waals surface area contributed by atoms with Gasteiger partial charge >= 0.3 is 0 Å². The van der Waals surface area contributed by atoms with E-state index in [1.807, 2.05) is 0 Å². The highest BCUT2D eigenvalue weighted by Crippen LogP contribution is 2.29. The number of anilines is 2. The maximum Gasteiger partial charge on any atom is 0.183 e. The van der Waals surface area contributed by atoms with Crippen LogP contribution in [0.3, 0.4) is 0 Å². The van der Waals surface area contributed by atoms with Crippen molar-refractivity contribution in [1.29, 1.82) is 0 Å². The Hall–Kier alpha value is -3.26. The normalized spacial score (nSPS) is 16.5. The summed E-state index contributed by atoms with van der Waals surface area (Å²) in [5.74, 6) is 0.0212. The van der Waals surface area contributed by atoms with Crippen LogP contribution in [0, 0.1) is 23.6 Å². The van der Waals surface area contributed by atoms with Crippen LogP contribution in [0.1, 0.15) is 12.8 Å². The zero-order chi connectivity index (χ0) is 22.1. The molecule has 0 aliphatic carbocycles. The van der Waals surface area contributed by atoms with Crippen LogP contribution < -0.4 is 10.2 Å². The minimum Gasteiger partial charge on any atom is -0.371 e. The van der Waals surface area contributed by atoms with Crippen LogP contribution in [-0.2, 0) is 0 Å². The molecule has 1 saturated heterocycles. The highest BCUT2D eigenvalue weighted by molar-refractivity contribution is 6.31. The summed E-state index contributed by atoms with van der Waals surface area (Å²) in [6.07, 6.45) is 6.47. The predicted octanol–water partition coefficient (Wildman–Crippen LogP) is 5.08. The van der Waals surface area contributed by atoms with Gasteiger partial charge in [0, 0.05) is 54.7 Å². The Balaban J connectivity index is 1.31. The number of aromatic nitrogens is 4. The molecule has 0 unspecified atom stereocenters. The molecule has 32 heavy (non-hydrogen) atoms. The number of piperidine rings is 1. The van der Waals surface area contributed by atoms with Gasteiger partial charge in [0.05, 0.1) is 11.2 Å². The van der Waals surface area contributed by atoms with E-state index < -0.39 is 5.82 Å². The monoisotopic (exact) mass is 453 g/mol. The first-order valence-electron chi connectivity index (χ1n) is 10.4. The fraction of sp³-hybridized carbons (Fsp3) is 0.261. The highest BCUT2D eigenvalue weighted by Gasteiger charge is 2.21. The lowest BCUT2D eigenvalue weighted by Crippen LogP contribution is -2.38. The number of aromatic amines is 1. The molecular formula is C23H20ClF2N6. The molecule has 9 heteroatoms. The second-order valence-corrected chi connectivity index (χ2v) is 8.31. The van der Waals surface area contributed by atoms with Gasteiger partial charge in [-0.15, -0.1) is 0 Å². The molecule has 3 aromatic heterocycles. The summed E-state index contributed by atoms with van der Waals surface area (Å²) < 4.78 is 27.6. The predicted molar refractivity (Wildman–Crippen MR) is 121 cm³/mol. The summed E-state index contributed by atoms with van der Waals surface area (Å²) in [5.41, 5.74) is 2.23. The fourth-order valence-corrected chi connectivity index (χ4v) is 4.23. The number of hydrogen-bond acceptors (Lipinski definition) is 5. The van der Waals surface area contributed by atoms with Crippen LogP contribution in [-0.4, -0.2) is 39.6 Å². The van der Waals surface area contributed by atoms with Gasteiger partial charge in [-0.25, -0.2) is 23.7 Å². The lowest BCUT2D eigenvalue weighted by atomic mass is 9.97. The summed E-state index contributed by atoms with van der Waals surface area (Å²) in [4.78, 5) is 18.1. The third-order valence-corrected chi connectivity index (χ3v) is 5.87. The summed E-state index contributed by atoms with van der Waals surface area (Å²) in [7, 11) is 0. The third-order valence-electron chi connectivity index (χ3n) is 5.66. The summed E-state index contributed by atoms with van der Waals surface area (Å²) in [5, 5.41) is 4.42. The van der Waals surface area contributed by atoms with Crippen LogP contribution in [0.15, 0.2) is 42.9 Å². The highest BCUT2D eigenvalue weighted by atomic mass is 35.5. The van der Waals surface area contributed by atoms with Crippen molar-refractivity contribution >= 4 is 34.1 Å². The second kappa shape index (κ2) is 8.70. The van der Waals surface area contributed by atoms with Crippen molar-refractivity contribution in [2.45, 2.75) is 12.8 Å². The van der Waals surface area contributed by atoms with Crippen molar-refractivity contribution in [2.24, 2.45) is 5.92 Å². The number of nitrogens with zero attached hydrogens (tertiary/aromatic N) is 4. The van der Waals surface area contributed by atoms with Gasteiger partial charge in [-0.1, -0.05) is 11.6 Å². The van der Waals surface area contributed by atoms with E-state index in [4.69, 9.17) is 11.6 Å². The fourth-order valence-electron chi connectivity index (χ4n) is 4.07. The molecule has 0 bridgehead atoms. The largest absolute Gasteiger partial charge is 0.371 e. The Bertz CT molecular complexity index is 1240. The quantitative estimate of drug-likeness (QED) is 0.441. The van der Waals surface area contributed by atoms with Gasteiger partial charge in [0.25, 0.3) is 0 Å². The molecule has 0 amide bonds. The van der Waals surface area contributed by atoms with Gasteiger partial charge in [0.1, 0.15) is 11.5 Å². The molecule has 4 heterocycles. The molecule has 5 rings (SSSR count). The zero-order valence-corrected chi connectivity index (χ0v) is 17.8. The van der Waals surface area contributed by atoms with E-state index in [9.17, 15) is 8.78 Å². The van der Waals surface area contributed by atoms with Crippen LogP contribution >= 0.6 is 11.6 Å². The molecule has 6 nitrogen and oxygen atoms in total. The molecule has 163 valence electrons. The maximum absolute atomic E-state index is 14.4. The molecule has 1 aliphatic rings. The summed E-state index contributed by atoms with van der Waals surface area (Å²) >= 11 is 6.08. The van der Waals surface area contributed by atoms with Gasteiger partial charge < -0.3 is 15.2 Å². The molecule has 4 aromatic rings. The van der Waals surface area contributed by atoms with Gasteiger partial charge in [0.15, 0.2) is 17.5 Å². The number of rotatable bonds is 5. The first-order valence-corrected chi connectivity index (χ1v) is 10.8. The summed E-state index contributed by atoms with van der Waals surface area (Å²) in [6.45, 7) is 2.23. The summed E-state index contributed by atoms with van der Waals surface area (Å²) in [6, 6.07) is 9.29. The van der Waals surface area contributed by atoms with Crippen molar-refractivity contribution in [3.8, 4) is 11.4 Å². The minimum absolute atomic E-state index is 0.157. The Morgan fingerprint density at radius 3 is 3.00 bits per heavy atom. The third kappa shape index (κ3) is 4.23. The molecular weight excluding hydrogens is 434 g/mol. The van der Waals surface area contributed by atoms with Gasteiger partial charge in [-0.3, -0.25) is 0 Å².